The van der Waals surface area contributed by atoms with E-state index in [0.717, 1.165) is 25.3 Å². The SMILES string of the molecule is CC(O)C1CCN(c2ccc(C(C)(C)C)cn2)C1. The van der Waals surface area contributed by atoms with E-state index in [1.165, 1.54) is 5.56 Å². The average molecular weight is 248 g/mol. The van der Waals surface area contributed by atoms with Gasteiger partial charge in [-0.3, -0.25) is 0 Å². The minimum Gasteiger partial charge on any atom is -0.393 e. The van der Waals surface area contributed by atoms with Crippen molar-refractivity contribution in [1.82, 2.24) is 4.98 Å². The molecule has 1 aliphatic rings. The molecule has 100 valence electrons. The first-order valence-electron chi connectivity index (χ1n) is 6.77. The molecule has 0 amide bonds. The van der Waals surface area contributed by atoms with E-state index < -0.39 is 0 Å². The Balaban J connectivity index is 2.07. The molecule has 1 aliphatic heterocycles. The maximum atomic E-state index is 9.62. The summed E-state index contributed by atoms with van der Waals surface area (Å²) in [6.45, 7) is 10.4. The van der Waals surface area contributed by atoms with Crippen LogP contribution in [-0.4, -0.2) is 29.3 Å². The van der Waals surface area contributed by atoms with Crippen LogP contribution in [-0.2, 0) is 5.41 Å². The third-order valence-corrected chi connectivity index (χ3v) is 3.84. The van der Waals surface area contributed by atoms with Gasteiger partial charge in [0.15, 0.2) is 0 Å². The van der Waals surface area contributed by atoms with Gasteiger partial charge in [-0.1, -0.05) is 26.8 Å². The Kier molecular flexibility index (Phi) is 3.62. The number of hydrogen-bond acceptors (Lipinski definition) is 3. The fourth-order valence-electron chi connectivity index (χ4n) is 2.41. The Hall–Kier alpha value is -1.09. The quantitative estimate of drug-likeness (QED) is 0.874. The summed E-state index contributed by atoms with van der Waals surface area (Å²) in [6.07, 6.45) is 2.81. The van der Waals surface area contributed by atoms with Crippen LogP contribution >= 0.6 is 0 Å². The van der Waals surface area contributed by atoms with Crippen molar-refractivity contribution < 1.29 is 5.11 Å². The van der Waals surface area contributed by atoms with Crippen molar-refractivity contribution in [3.63, 3.8) is 0 Å². The van der Waals surface area contributed by atoms with Crippen molar-refractivity contribution in [3.8, 4) is 0 Å². The Bertz CT molecular complexity index is 392. The smallest absolute Gasteiger partial charge is 0.128 e. The van der Waals surface area contributed by atoms with Gasteiger partial charge in [0.25, 0.3) is 0 Å². The fourth-order valence-corrected chi connectivity index (χ4v) is 2.41. The molecule has 18 heavy (non-hydrogen) atoms. The van der Waals surface area contributed by atoms with Gasteiger partial charge in [0.05, 0.1) is 6.10 Å². The van der Waals surface area contributed by atoms with Gasteiger partial charge in [-0.2, -0.15) is 0 Å². The molecule has 2 atom stereocenters. The lowest BCUT2D eigenvalue weighted by molar-refractivity contribution is 0.136. The zero-order chi connectivity index (χ0) is 13.3. The number of anilines is 1. The third-order valence-electron chi connectivity index (χ3n) is 3.84. The number of hydrogen-bond donors (Lipinski definition) is 1. The molecule has 1 aromatic rings. The molecule has 0 aromatic carbocycles. The van der Waals surface area contributed by atoms with Gasteiger partial charge in [0.1, 0.15) is 5.82 Å². The lowest BCUT2D eigenvalue weighted by Gasteiger charge is -2.22. The van der Waals surface area contributed by atoms with Crippen LogP contribution in [0, 0.1) is 5.92 Å². The molecule has 1 fully saturated rings. The van der Waals surface area contributed by atoms with E-state index in [1.54, 1.807) is 0 Å². The van der Waals surface area contributed by atoms with Gasteiger partial charge < -0.3 is 10.0 Å². The lowest BCUT2D eigenvalue weighted by atomic mass is 9.88. The average Bonchev–Trinajstić information content (AvgIpc) is 2.77. The molecule has 1 aromatic heterocycles. The van der Waals surface area contributed by atoms with Crippen molar-refractivity contribution in [2.24, 2.45) is 5.92 Å². The van der Waals surface area contributed by atoms with Gasteiger partial charge in [-0.25, -0.2) is 4.98 Å². The third kappa shape index (κ3) is 2.83. The second-order valence-corrected chi connectivity index (χ2v) is 6.39. The molecule has 3 nitrogen and oxygen atoms in total. The molecular weight excluding hydrogens is 224 g/mol. The standard InChI is InChI=1S/C15H24N2O/c1-11(18)12-7-8-17(10-12)14-6-5-13(9-16-14)15(2,3)4/h5-6,9,11-12,18H,7-8,10H2,1-4H3. The minimum absolute atomic E-state index is 0.151. The van der Waals surface area contributed by atoms with E-state index >= 15 is 0 Å². The Labute approximate surface area is 110 Å². The van der Waals surface area contributed by atoms with Crippen LogP contribution in [0.3, 0.4) is 0 Å². The first-order valence-corrected chi connectivity index (χ1v) is 6.77. The molecule has 1 N–H and O–H groups in total. The molecule has 1 saturated heterocycles. The van der Waals surface area contributed by atoms with Crippen LogP contribution < -0.4 is 4.90 Å². The van der Waals surface area contributed by atoms with Crippen LogP contribution in [0.2, 0.25) is 0 Å². The summed E-state index contributed by atoms with van der Waals surface area (Å²) in [5.74, 6) is 1.42. The zero-order valence-corrected chi connectivity index (χ0v) is 11.8. The molecule has 2 unspecified atom stereocenters. The van der Waals surface area contributed by atoms with Crippen LogP contribution in [0.15, 0.2) is 18.3 Å². The molecule has 2 heterocycles. The van der Waals surface area contributed by atoms with Gasteiger partial charge in [-0.05, 0) is 30.4 Å². The van der Waals surface area contributed by atoms with Crippen molar-refractivity contribution in [2.45, 2.75) is 45.6 Å². The maximum absolute atomic E-state index is 9.62. The zero-order valence-electron chi connectivity index (χ0n) is 11.8. The predicted octanol–water partition coefficient (Wildman–Crippen LogP) is 2.59. The monoisotopic (exact) mass is 248 g/mol. The number of nitrogens with zero attached hydrogens (tertiary/aromatic N) is 2. The molecule has 0 saturated carbocycles. The normalized spacial score (nSPS) is 22.3. The molecule has 0 aliphatic carbocycles. The molecule has 2 rings (SSSR count). The summed E-state index contributed by atoms with van der Waals surface area (Å²) in [6, 6.07) is 4.27. The van der Waals surface area contributed by atoms with Gasteiger partial charge in [0.2, 0.25) is 0 Å². The molecular formula is C15H24N2O. The van der Waals surface area contributed by atoms with Gasteiger partial charge in [0, 0.05) is 25.2 Å². The Morgan fingerprint density at radius 2 is 2.11 bits per heavy atom. The highest BCUT2D eigenvalue weighted by atomic mass is 16.3. The second kappa shape index (κ2) is 4.88. The number of aliphatic hydroxyl groups excluding tert-OH is 1. The summed E-state index contributed by atoms with van der Waals surface area (Å²) >= 11 is 0. The minimum atomic E-state index is -0.219. The second-order valence-electron chi connectivity index (χ2n) is 6.39. The van der Waals surface area contributed by atoms with E-state index in [9.17, 15) is 5.11 Å². The van der Waals surface area contributed by atoms with Crippen LogP contribution in [0.25, 0.3) is 0 Å². The topological polar surface area (TPSA) is 36.4 Å². The molecule has 3 heteroatoms. The highest BCUT2D eigenvalue weighted by Gasteiger charge is 2.26. The van der Waals surface area contributed by atoms with Crippen LogP contribution in [0.4, 0.5) is 5.82 Å². The summed E-state index contributed by atoms with van der Waals surface area (Å²) in [5.41, 5.74) is 1.41. The van der Waals surface area contributed by atoms with Crippen molar-refractivity contribution in [3.05, 3.63) is 23.9 Å². The summed E-state index contributed by atoms with van der Waals surface area (Å²) < 4.78 is 0. The first-order chi connectivity index (χ1) is 8.38. The first kappa shape index (κ1) is 13.3. The van der Waals surface area contributed by atoms with Crippen molar-refractivity contribution >= 4 is 5.82 Å². The summed E-state index contributed by atoms with van der Waals surface area (Å²) in [4.78, 5) is 6.83. The lowest BCUT2D eigenvalue weighted by Crippen LogP contribution is -2.24. The Morgan fingerprint density at radius 1 is 1.39 bits per heavy atom. The maximum Gasteiger partial charge on any atom is 0.128 e. The van der Waals surface area contributed by atoms with E-state index in [1.807, 2.05) is 13.1 Å². The van der Waals surface area contributed by atoms with E-state index in [4.69, 9.17) is 0 Å². The summed E-state index contributed by atoms with van der Waals surface area (Å²) in [5, 5.41) is 9.62. The van der Waals surface area contributed by atoms with E-state index in [0.29, 0.717) is 5.92 Å². The van der Waals surface area contributed by atoms with Gasteiger partial charge >= 0.3 is 0 Å². The summed E-state index contributed by atoms with van der Waals surface area (Å²) in [7, 11) is 0. The number of aromatic nitrogens is 1. The van der Waals surface area contributed by atoms with Crippen LogP contribution in [0.5, 0.6) is 0 Å². The molecule has 0 radical (unpaired) electrons. The number of aliphatic hydroxyl groups is 1. The van der Waals surface area contributed by atoms with Gasteiger partial charge in [-0.15, -0.1) is 0 Å². The number of rotatable bonds is 2. The molecule has 0 bridgehead atoms. The van der Waals surface area contributed by atoms with Crippen LogP contribution in [0.1, 0.15) is 39.7 Å². The van der Waals surface area contributed by atoms with E-state index in [2.05, 4.69) is 42.8 Å². The Morgan fingerprint density at radius 3 is 2.56 bits per heavy atom. The van der Waals surface area contributed by atoms with E-state index in [-0.39, 0.29) is 11.5 Å². The molecule has 0 spiro atoms. The predicted molar refractivity (Wildman–Crippen MR) is 74.9 cm³/mol. The highest BCUT2D eigenvalue weighted by molar-refractivity contribution is 5.41. The number of pyridine rings is 1. The fraction of sp³-hybridized carbons (Fsp3) is 0.667. The highest BCUT2D eigenvalue weighted by Crippen LogP contribution is 2.27. The largest absolute Gasteiger partial charge is 0.393 e. The van der Waals surface area contributed by atoms with Crippen molar-refractivity contribution in [2.75, 3.05) is 18.0 Å². The van der Waals surface area contributed by atoms with Crippen molar-refractivity contribution in [1.29, 1.82) is 0 Å².